The molecular weight excluding hydrogens is 214 g/mol. The van der Waals surface area contributed by atoms with Crippen molar-refractivity contribution in [3.63, 3.8) is 0 Å². The van der Waals surface area contributed by atoms with Gasteiger partial charge in [-0.15, -0.1) is 0 Å². The van der Waals surface area contributed by atoms with Crippen molar-refractivity contribution in [1.82, 2.24) is 14.9 Å². The first-order valence-electron chi connectivity index (χ1n) is 5.51. The quantitative estimate of drug-likeness (QED) is 0.608. The van der Waals surface area contributed by atoms with Crippen molar-refractivity contribution in [1.29, 1.82) is 0 Å². The maximum Gasteiger partial charge on any atom is 0.217 e. The maximum atomic E-state index is 11.6. The number of likely N-dealkylation sites (N-methyl/N-ethyl adjacent to an activating group) is 1. The lowest BCUT2D eigenvalue weighted by atomic mass is 10.3. The van der Waals surface area contributed by atoms with Gasteiger partial charge in [-0.3, -0.25) is 0 Å². The van der Waals surface area contributed by atoms with Crippen LogP contribution in [-0.4, -0.2) is 57.8 Å². The van der Waals surface area contributed by atoms with Crippen molar-refractivity contribution in [2.45, 2.75) is 19.1 Å². The van der Waals surface area contributed by atoms with Gasteiger partial charge in [-0.2, -0.15) is 0 Å². The lowest BCUT2D eigenvalue weighted by Gasteiger charge is -2.27. The van der Waals surface area contributed by atoms with Crippen LogP contribution in [-0.2, 0) is 10.0 Å². The second-order valence-corrected chi connectivity index (χ2v) is 5.79. The van der Waals surface area contributed by atoms with E-state index < -0.39 is 10.0 Å². The predicted octanol–water partition coefficient (Wildman–Crippen LogP) is -0.781. The van der Waals surface area contributed by atoms with Crippen LogP contribution in [0, 0.1) is 0 Å². The fourth-order valence-corrected chi connectivity index (χ4v) is 2.77. The van der Waals surface area contributed by atoms with E-state index in [1.54, 1.807) is 0 Å². The summed E-state index contributed by atoms with van der Waals surface area (Å²) < 4.78 is 25.9. The molecule has 90 valence electrons. The molecule has 2 N–H and O–H groups in total. The molecule has 1 heterocycles. The molecule has 1 aliphatic heterocycles. The summed E-state index contributed by atoms with van der Waals surface area (Å²) in [7, 11) is -3.07. The highest BCUT2D eigenvalue weighted by Gasteiger charge is 2.30. The summed E-state index contributed by atoms with van der Waals surface area (Å²) >= 11 is 0. The zero-order valence-electron chi connectivity index (χ0n) is 9.49. The second-order valence-electron chi connectivity index (χ2n) is 3.75. The van der Waals surface area contributed by atoms with E-state index in [9.17, 15) is 8.42 Å². The van der Waals surface area contributed by atoms with Gasteiger partial charge < -0.3 is 10.2 Å². The number of rotatable bonds is 7. The van der Waals surface area contributed by atoms with E-state index in [1.807, 2.05) is 0 Å². The number of nitrogens with one attached hydrogen (secondary N) is 2. The summed E-state index contributed by atoms with van der Waals surface area (Å²) in [6, 6.07) is 0. The molecule has 0 aromatic heterocycles. The van der Waals surface area contributed by atoms with Gasteiger partial charge >= 0.3 is 0 Å². The molecule has 1 rings (SSSR count). The maximum absolute atomic E-state index is 11.6. The minimum atomic E-state index is -3.07. The van der Waals surface area contributed by atoms with Crippen LogP contribution in [0.25, 0.3) is 0 Å². The Morgan fingerprint density at radius 2 is 1.93 bits per heavy atom. The summed E-state index contributed by atoms with van der Waals surface area (Å²) in [6.07, 6.45) is 0. The molecule has 1 aliphatic rings. The number of sulfonamides is 1. The zero-order chi connectivity index (χ0) is 11.3. The fourth-order valence-electron chi connectivity index (χ4n) is 1.49. The van der Waals surface area contributed by atoms with Gasteiger partial charge in [0, 0.05) is 26.2 Å². The molecule has 0 saturated carbocycles. The van der Waals surface area contributed by atoms with Crippen LogP contribution in [0.1, 0.15) is 13.8 Å². The Morgan fingerprint density at radius 3 is 2.33 bits per heavy atom. The van der Waals surface area contributed by atoms with Crippen molar-refractivity contribution < 1.29 is 8.42 Å². The van der Waals surface area contributed by atoms with E-state index in [-0.39, 0.29) is 5.25 Å². The first kappa shape index (κ1) is 12.9. The average molecular weight is 235 g/mol. The van der Waals surface area contributed by atoms with E-state index in [0.717, 1.165) is 19.6 Å². The van der Waals surface area contributed by atoms with Gasteiger partial charge in [0.2, 0.25) is 10.0 Å². The van der Waals surface area contributed by atoms with Gasteiger partial charge in [0.15, 0.2) is 0 Å². The normalized spacial score (nSPS) is 18.1. The molecule has 0 spiro atoms. The summed E-state index contributed by atoms with van der Waals surface area (Å²) in [4.78, 5) is 2.20. The third-order valence-electron chi connectivity index (χ3n) is 2.81. The van der Waals surface area contributed by atoms with Gasteiger partial charge in [0.1, 0.15) is 5.25 Å². The van der Waals surface area contributed by atoms with Crippen molar-refractivity contribution >= 4 is 10.0 Å². The Bertz CT molecular complexity index is 271. The Morgan fingerprint density at radius 1 is 1.33 bits per heavy atom. The molecule has 6 heteroatoms. The predicted molar refractivity (Wildman–Crippen MR) is 61.4 cm³/mol. The molecule has 0 aromatic carbocycles. The van der Waals surface area contributed by atoms with E-state index in [1.165, 1.54) is 0 Å². The van der Waals surface area contributed by atoms with Crippen LogP contribution in [0.15, 0.2) is 0 Å². The summed E-state index contributed by atoms with van der Waals surface area (Å²) in [5, 5.41) is 2.73. The van der Waals surface area contributed by atoms with Gasteiger partial charge in [-0.1, -0.05) is 13.8 Å². The summed E-state index contributed by atoms with van der Waals surface area (Å²) in [6.45, 7) is 8.54. The molecule has 1 saturated heterocycles. The van der Waals surface area contributed by atoms with E-state index >= 15 is 0 Å². The SMILES string of the molecule is CCN(CC)CCNS(=O)(=O)C1CNC1. The van der Waals surface area contributed by atoms with Gasteiger partial charge in [-0.25, -0.2) is 13.1 Å². The fraction of sp³-hybridized carbons (Fsp3) is 1.00. The molecule has 0 bridgehead atoms. The van der Waals surface area contributed by atoms with Crippen LogP contribution < -0.4 is 10.0 Å². The highest BCUT2D eigenvalue weighted by molar-refractivity contribution is 7.90. The molecule has 15 heavy (non-hydrogen) atoms. The monoisotopic (exact) mass is 235 g/mol. The number of hydrogen-bond donors (Lipinski definition) is 2. The number of hydrogen-bond acceptors (Lipinski definition) is 4. The number of nitrogens with zero attached hydrogens (tertiary/aromatic N) is 1. The topological polar surface area (TPSA) is 61.4 Å². The molecule has 0 atom stereocenters. The lowest BCUT2D eigenvalue weighted by Crippen LogP contribution is -2.55. The smallest absolute Gasteiger partial charge is 0.217 e. The van der Waals surface area contributed by atoms with Gasteiger partial charge in [0.05, 0.1) is 0 Å². The molecule has 0 aliphatic carbocycles. The largest absolute Gasteiger partial charge is 0.314 e. The molecule has 5 nitrogen and oxygen atoms in total. The molecule has 0 aromatic rings. The Balaban J connectivity index is 2.24. The zero-order valence-corrected chi connectivity index (χ0v) is 10.3. The standard InChI is InChI=1S/C9H21N3O2S/c1-3-12(4-2)6-5-11-15(13,14)9-7-10-8-9/h9-11H,3-8H2,1-2H3. The van der Waals surface area contributed by atoms with Crippen molar-refractivity contribution in [2.75, 3.05) is 39.3 Å². The van der Waals surface area contributed by atoms with E-state index in [4.69, 9.17) is 0 Å². The average Bonchev–Trinajstić information content (AvgIpc) is 2.08. The Labute approximate surface area is 92.3 Å². The van der Waals surface area contributed by atoms with Crippen LogP contribution >= 0.6 is 0 Å². The van der Waals surface area contributed by atoms with Crippen molar-refractivity contribution in [3.8, 4) is 0 Å². The molecule has 1 fully saturated rings. The lowest BCUT2D eigenvalue weighted by molar-refractivity contribution is 0.308. The summed E-state index contributed by atoms with van der Waals surface area (Å²) in [5.74, 6) is 0. The highest BCUT2D eigenvalue weighted by Crippen LogP contribution is 2.03. The Kier molecular flexibility index (Phi) is 4.98. The van der Waals surface area contributed by atoms with Crippen LogP contribution in [0.5, 0.6) is 0 Å². The van der Waals surface area contributed by atoms with E-state index in [2.05, 4.69) is 28.8 Å². The first-order valence-corrected chi connectivity index (χ1v) is 7.06. The van der Waals surface area contributed by atoms with Crippen molar-refractivity contribution in [3.05, 3.63) is 0 Å². The minimum absolute atomic E-state index is 0.228. The third-order valence-corrected chi connectivity index (χ3v) is 4.63. The Hall–Kier alpha value is -0.170. The second kappa shape index (κ2) is 5.79. The third kappa shape index (κ3) is 3.71. The minimum Gasteiger partial charge on any atom is -0.314 e. The van der Waals surface area contributed by atoms with Crippen molar-refractivity contribution in [2.24, 2.45) is 0 Å². The molecular formula is C9H21N3O2S. The highest BCUT2D eigenvalue weighted by atomic mass is 32.2. The van der Waals surface area contributed by atoms with Crippen LogP contribution in [0.4, 0.5) is 0 Å². The summed E-state index contributed by atoms with van der Waals surface area (Å²) in [5.41, 5.74) is 0. The van der Waals surface area contributed by atoms with Gasteiger partial charge in [0.25, 0.3) is 0 Å². The first-order chi connectivity index (χ1) is 7.10. The van der Waals surface area contributed by atoms with E-state index in [0.29, 0.717) is 19.6 Å². The molecule has 0 amide bonds. The molecule has 0 radical (unpaired) electrons. The van der Waals surface area contributed by atoms with Gasteiger partial charge in [-0.05, 0) is 13.1 Å². The van der Waals surface area contributed by atoms with Crippen LogP contribution in [0.3, 0.4) is 0 Å². The molecule has 0 unspecified atom stereocenters. The van der Waals surface area contributed by atoms with Crippen LogP contribution in [0.2, 0.25) is 0 Å².